The molecule has 1 unspecified atom stereocenters. The minimum Gasteiger partial charge on any atom is -0.478 e. The molecule has 0 radical (unpaired) electrons. The number of carbonyl (C=O) groups is 1. The summed E-state index contributed by atoms with van der Waals surface area (Å²) in [6.45, 7) is 9.25. The van der Waals surface area contributed by atoms with Crippen LogP contribution in [-0.4, -0.2) is 57.1 Å². The molecule has 0 spiro atoms. The fourth-order valence-electron chi connectivity index (χ4n) is 5.30. The van der Waals surface area contributed by atoms with Gasteiger partial charge in [-0.15, -0.1) is 0 Å². The Labute approximate surface area is 209 Å². The van der Waals surface area contributed by atoms with Crippen LogP contribution in [0.3, 0.4) is 0 Å². The lowest BCUT2D eigenvalue weighted by Gasteiger charge is -2.36. The molecule has 0 bridgehead atoms. The van der Waals surface area contributed by atoms with Gasteiger partial charge in [0.2, 0.25) is 0 Å². The molecule has 35 heavy (non-hydrogen) atoms. The molecule has 2 aliphatic heterocycles. The summed E-state index contributed by atoms with van der Waals surface area (Å²) in [5, 5.41) is 9.92. The van der Waals surface area contributed by atoms with Crippen molar-refractivity contribution in [1.82, 2.24) is 4.90 Å². The maximum Gasteiger partial charge on any atom is 0.337 e. The Balaban J connectivity index is 1.49. The van der Waals surface area contributed by atoms with E-state index in [-0.39, 0.29) is 16.1 Å². The second-order valence-corrected chi connectivity index (χ2v) is 12.0. The van der Waals surface area contributed by atoms with Crippen LogP contribution in [0, 0.1) is 11.8 Å². The number of anilines is 2. The molecule has 2 aliphatic rings. The van der Waals surface area contributed by atoms with Crippen molar-refractivity contribution < 1.29 is 18.3 Å². The summed E-state index contributed by atoms with van der Waals surface area (Å²) in [5.74, 6) is -0.0555. The van der Waals surface area contributed by atoms with Crippen LogP contribution in [0.4, 0.5) is 11.4 Å². The standard InChI is InChI=1S/C27H37N3O4S/c1-20(2)16-21-7-10-24(11-8-21)35(33,34)28-23-9-12-26(25(17-23)27(31)32)30-15-5-6-22(19-30)18-29-13-3-4-14-29/h7-12,17,20,22,28H,3-6,13-16,18-19H2,1-2H3,(H,31,32). The van der Waals surface area contributed by atoms with E-state index in [1.807, 2.05) is 12.1 Å². The van der Waals surface area contributed by atoms with Crippen molar-refractivity contribution in [3.05, 3.63) is 53.6 Å². The van der Waals surface area contributed by atoms with E-state index in [1.54, 1.807) is 24.3 Å². The van der Waals surface area contributed by atoms with E-state index in [9.17, 15) is 18.3 Å². The molecule has 2 fully saturated rings. The predicted molar refractivity (Wildman–Crippen MR) is 140 cm³/mol. The van der Waals surface area contributed by atoms with Crippen LogP contribution in [0.15, 0.2) is 47.4 Å². The fraction of sp³-hybridized carbons (Fsp3) is 0.519. The van der Waals surface area contributed by atoms with Gasteiger partial charge in [0, 0.05) is 25.3 Å². The second kappa shape index (κ2) is 11.0. The molecule has 8 heteroatoms. The van der Waals surface area contributed by atoms with E-state index in [0.717, 1.165) is 57.5 Å². The van der Waals surface area contributed by atoms with Crippen LogP contribution in [-0.2, 0) is 16.4 Å². The van der Waals surface area contributed by atoms with Gasteiger partial charge in [0.05, 0.1) is 16.1 Å². The summed E-state index contributed by atoms with van der Waals surface area (Å²) in [5.41, 5.74) is 2.12. The van der Waals surface area contributed by atoms with Gasteiger partial charge in [-0.2, -0.15) is 0 Å². The summed E-state index contributed by atoms with van der Waals surface area (Å²) < 4.78 is 28.4. The molecule has 1 atom stereocenters. The molecule has 0 saturated carbocycles. The molecule has 0 aromatic heterocycles. The van der Waals surface area contributed by atoms with Crippen molar-refractivity contribution in [2.75, 3.05) is 42.3 Å². The number of hydrogen-bond acceptors (Lipinski definition) is 5. The largest absolute Gasteiger partial charge is 0.478 e. The van der Waals surface area contributed by atoms with Gasteiger partial charge in [-0.05, 0) is 92.9 Å². The van der Waals surface area contributed by atoms with Gasteiger partial charge in [0.1, 0.15) is 0 Å². The quantitative estimate of drug-likeness (QED) is 0.520. The highest BCUT2D eigenvalue weighted by Crippen LogP contribution is 2.30. The monoisotopic (exact) mass is 499 g/mol. The smallest absolute Gasteiger partial charge is 0.337 e. The third kappa shape index (κ3) is 6.55. The lowest BCUT2D eigenvalue weighted by molar-refractivity contribution is 0.0697. The van der Waals surface area contributed by atoms with Gasteiger partial charge >= 0.3 is 5.97 Å². The first-order valence-corrected chi connectivity index (χ1v) is 14.2. The number of piperidine rings is 1. The highest BCUT2D eigenvalue weighted by molar-refractivity contribution is 7.92. The normalized spacial score (nSPS) is 19.3. The van der Waals surface area contributed by atoms with E-state index >= 15 is 0 Å². The molecule has 190 valence electrons. The maximum atomic E-state index is 12.9. The Kier molecular flexibility index (Phi) is 8.02. The Morgan fingerprint density at radius 2 is 1.77 bits per heavy atom. The van der Waals surface area contributed by atoms with Gasteiger partial charge in [-0.25, -0.2) is 13.2 Å². The van der Waals surface area contributed by atoms with Gasteiger partial charge in [0.25, 0.3) is 10.0 Å². The molecule has 0 amide bonds. The maximum absolute atomic E-state index is 12.9. The van der Waals surface area contributed by atoms with E-state index in [2.05, 4.69) is 28.4 Å². The molecular formula is C27H37N3O4S. The summed E-state index contributed by atoms with van der Waals surface area (Å²) in [6, 6.07) is 11.7. The first kappa shape index (κ1) is 25.5. The number of likely N-dealkylation sites (tertiary alicyclic amines) is 1. The van der Waals surface area contributed by atoms with Crippen LogP contribution in [0.5, 0.6) is 0 Å². The molecular weight excluding hydrogens is 462 g/mol. The van der Waals surface area contributed by atoms with Crippen LogP contribution in [0.2, 0.25) is 0 Å². The molecule has 7 nitrogen and oxygen atoms in total. The van der Waals surface area contributed by atoms with Gasteiger partial charge < -0.3 is 14.9 Å². The van der Waals surface area contributed by atoms with Crippen molar-refractivity contribution in [2.24, 2.45) is 11.8 Å². The number of hydrogen-bond donors (Lipinski definition) is 2. The van der Waals surface area contributed by atoms with E-state index in [1.165, 1.54) is 18.9 Å². The lowest BCUT2D eigenvalue weighted by Crippen LogP contribution is -2.41. The van der Waals surface area contributed by atoms with E-state index < -0.39 is 16.0 Å². The Morgan fingerprint density at radius 1 is 1.06 bits per heavy atom. The van der Waals surface area contributed by atoms with E-state index in [0.29, 0.717) is 17.5 Å². The number of carboxylic acid groups (broad SMARTS) is 1. The molecule has 2 N–H and O–H groups in total. The second-order valence-electron chi connectivity index (χ2n) is 10.3. The lowest BCUT2D eigenvalue weighted by atomic mass is 9.96. The summed E-state index contributed by atoms with van der Waals surface area (Å²) in [4.78, 5) is 17.0. The number of rotatable bonds is 9. The summed E-state index contributed by atoms with van der Waals surface area (Å²) in [7, 11) is -3.82. The highest BCUT2D eigenvalue weighted by atomic mass is 32.2. The van der Waals surface area contributed by atoms with Crippen LogP contribution >= 0.6 is 0 Å². The SMILES string of the molecule is CC(C)Cc1ccc(S(=O)(=O)Nc2ccc(N3CCCC(CN4CCCC4)C3)c(C(=O)O)c2)cc1. The first-order valence-electron chi connectivity index (χ1n) is 12.7. The summed E-state index contributed by atoms with van der Waals surface area (Å²) >= 11 is 0. The zero-order valence-electron chi connectivity index (χ0n) is 20.7. The minimum atomic E-state index is -3.82. The van der Waals surface area contributed by atoms with Gasteiger partial charge in [0.15, 0.2) is 0 Å². The third-order valence-electron chi connectivity index (χ3n) is 6.93. The molecule has 2 aromatic carbocycles. The zero-order valence-corrected chi connectivity index (χ0v) is 21.6. The van der Waals surface area contributed by atoms with Crippen molar-refractivity contribution in [2.45, 2.75) is 50.8 Å². The van der Waals surface area contributed by atoms with Gasteiger partial charge in [-0.1, -0.05) is 26.0 Å². The number of nitrogens with zero attached hydrogens (tertiary/aromatic N) is 2. The van der Waals surface area contributed by atoms with Crippen LogP contribution in [0.1, 0.15) is 55.5 Å². The number of carboxylic acids is 1. The van der Waals surface area contributed by atoms with Gasteiger partial charge in [-0.3, -0.25) is 4.72 Å². The first-order chi connectivity index (χ1) is 16.7. The minimum absolute atomic E-state index is 0.124. The number of nitrogens with one attached hydrogen (secondary N) is 1. The molecule has 0 aliphatic carbocycles. The van der Waals surface area contributed by atoms with Crippen molar-refractivity contribution in [3.8, 4) is 0 Å². The molecule has 4 rings (SSSR count). The topological polar surface area (TPSA) is 90.0 Å². The Hall–Kier alpha value is -2.58. The van der Waals surface area contributed by atoms with Crippen molar-refractivity contribution >= 4 is 27.4 Å². The fourth-order valence-corrected chi connectivity index (χ4v) is 6.35. The van der Waals surface area contributed by atoms with Crippen LogP contribution < -0.4 is 9.62 Å². The third-order valence-corrected chi connectivity index (χ3v) is 8.33. The zero-order chi connectivity index (χ0) is 25.0. The number of benzene rings is 2. The molecule has 2 saturated heterocycles. The average molecular weight is 500 g/mol. The Morgan fingerprint density at radius 3 is 2.43 bits per heavy atom. The highest BCUT2D eigenvalue weighted by Gasteiger charge is 2.26. The Bertz CT molecular complexity index is 1130. The van der Waals surface area contributed by atoms with Crippen molar-refractivity contribution in [3.63, 3.8) is 0 Å². The van der Waals surface area contributed by atoms with Crippen molar-refractivity contribution in [1.29, 1.82) is 0 Å². The molecule has 2 heterocycles. The average Bonchev–Trinajstić information content (AvgIpc) is 3.32. The number of aromatic carboxylic acids is 1. The predicted octanol–water partition coefficient (Wildman–Crippen LogP) is 4.70. The van der Waals surface area contributed by atoms with Crippen LogP contribution in [0.25, 0.3) is 0 Å². The number of sulfonamides is 1. The van der Waals surface area contributed by atoms with E-state index in [4.69, 9.17) is 0 Å². The summed E-state index contributed by atoms with van der Waals surface area (Å²) in [6.07, 6.45) is 5.59. The molecule has 2 aromatic rings.